The summed E-state index contributed by atoms with van der Waals surface area (Å²) in [7, 11) is 1.76. The van der Waals surface area contributed by atoms with Crippen LogP contribution in [0.15, 0.2) is 0 Å². The van der Waals surface area contributed by atoms with Crippen LogP contribution in [0.1, 0.15) is 13.8 Å². The van der Waals surface area contributed by atoms with Gasteiger partial charge in [0, 0.05) is 39.3 Å². The first-order valence-corrected chi connectivity index (χ1v) is 4.69. The fourth-order valence-electron chi connectivity index (χ4n) is 1.59. The molecule has 3 heteroatoms. The van der Waals surface area contributed by atoms with Crippen LogP contribution in [0.4, 0.5) is 0 Å². The van der Waals surface area contributed by atoms with Gasteiger partial charge in [0.25, 0.3) is 0 Å². The second-order valence-electron chi connectivity index (χ2n) is 3.67. The zero-order chi connectivity index (χ0) is 8.97. The van der Waals surface area contributed by atoms with E-state index in [0.717, 1.165) is 19.8 Å². The topological polar surface area (TPSA) is 15.7 Å². The molecule has 0 unspecified atom stereocenters. The predicted molar refractivity (Wildman–Crippen MR) is 50.2 cm³/mol. The molecule has 0 saturated carbocycles. The minimum Gasteiger partial charge on any atom is -0.369 e. The van der Waals surface area contributed by atoms with Gasteiger partial charge < -0.3 is 4.74 Å². The lowest BCUT2D eigenvalue weighted by Gasteiger charge is -2.36. The maximum absolute atomic E-state index is 5.08. The molecule has 1 saturated heterocycles. The molecule has 3 nitrogen and oxygen atoms in total. The van der Waals surface area contributed by atoms with Gasteiger partial charge in [-0.25, -0.2) is 0 Å². The second-order valence-corrected chi connectivity index (χ2v) is 3.67. The lowest BCUT2D eigenvalue weighted by molar-refractivity contribution is 0.0196. The van der Waals surface area contributed by atoms with E-state index in [-0.39, 0.29) is 0 Å². The van der Waals surface area contributed by atoms with Crippen molar-refractivity contribution in [2.75, 3.05) is 40.0 Å². The van der Waals surface area contributed by atoms with Crippen molar-refractivity contribution in [2.24, 2.45) is 0 Å². The van der Waals surface area contributed by atoms with Crippen LogP contribution in [0.2, 0.25) is 0 Å². The van der Waals surface area contributed by atoms with Crippen LogP contribution in [-0.2, 0) is 4.74 Å². The average molecular weight is 172 g/mol. The van der Waals surface area contributed by atoms with E-state index in [1.54, 1.807) is 7.11 Å². The van der Waals surface area contributed by atoms with E-state index in [4.69, 9.17) is 4.74 Å². The monoisotopic (exact) mass is 172 g/mol. The van der Waals surface area contributed by atoms with Gasteiger partial charge in [0.15, 0.2) is 0 Å². The Kier molecular flexibility index (Phi) is 3.98. The van der Waals surface area contributed by atoms with E-state index in [2.05, 4.69) is 23.6 Å². The number of methoxy groups -OCH3 is 1. The largest absolute Gasteiger partial charge is 0.369 e. The molecule has 0 amide bonds. The molecular weight excluding hydrogens is 152 g/mol. The number of nitrogens with zero attached hydrogens (tertiary/aromatic N) is 2. The van der Waals surface area contributed by atoms with Gasteiger partial charge in [0.1, 0.15) is 0 Å². The van der Waals surface area contributed by atoms with Crippen molar-refractivity contribution in [2.45, 2.75) is 19.9 Å². The molecule has 0 atom stereocenters. The number of hydrogen-bond donors (Lipinski definition) is 0. The summed E-state index contributed by atoms with van der Waals surface area (Å²) in [5.74, 6) is 0. The predicted octanol–water partition coefficient (Wildman–Crippen LogP) is 0.616. The van der Waals surface area contributed by atoms with Crippen molar-refractivity contribution in [1.82, 2.24) is 9.80 Å². The van der Waals surface area contributed by atoms with Gasteiger partial charge in [-0.05, 0) is 13.8 Å². The Bertz CT molecular complexity index is 120. The Morgan fingerprint density at radius 3 is 2.17 bits per heavy atom. The maximum Gasteiger partial charge on any atom is 0.0987 e. The molecule has 72 valence electrons. The van der Waals surface area contributed by atoms with Gasteiger partial charge in [-0.15, -0.1) is 0 Å². The molecule has 1 aliphatic heterocycles. The summed E-state index contributed by atoms with van der Waals surface area (Å²) in [4.78, 5) is 4.85. The minimum atomic E-state index is 0.690. The molecule has 0 aliphatic carbocycles. The third kappa shape index (κ3) is 2.73. The summed E-state index contributed by atoms with van der Waals surface area (Å²) in [5.41, 5.74) is 0. The first-order chi connectivity index (χ1) is 5.74. The molecule has 12 heavy (non-hydrogen) atoms. The molecule has 1 aliphatic rings. The van der Waals surface area contributed by atoms with Crippen molar-refractivity contribution < 1.29 is 4.74 Å². The van der Waals surface area contributed by atoms with Crippen LogP contribution in [-0.4, -0.2) is 55.9 Å². The fraction of sp³-hybridized carbons (Fsp3) is 1.00. The van der Waals surface area contributed by atoms with Gasteiger partial charge in [0.2, 0.25) is 0 Å². The van der Waals surface area contributed by atoms with Crippen LogP contribution < -0.4 is 0 Å². The first-order valence-electron chi connectivity index (χ1n) is 4.69. The Morgan fingerprint density at radius 2 is 1.75 bits per heavy atom. The van der Waals surface area contributed by atoms with Crippen molar-refractivity contribution in [3.05, 3.63) is 0 Å². The molecule has 0 aromatic rings. The zero-order valence-corrected chi connectivity index (χ0v) is 8.42. The number of hydrogen-bond acceptors (Lipinski definition) is 3. The van der Waals surface area contributed by atoms with Crippen LogP contribution >= 0.6 is 0 Å². The SMILES string of the molecule is COCN1CCN(C(C)C)CC1. The lowest BCUT2D eigenvalue weighted by atomic mass is 10.2. The van der Waals surface area contributed by atoms with Gasteiger partial charge in [-0.2, -0.15) is 0 Å². The highest BCUT2D eigenvalue weighted by atomic mass is 16.5. The number of piperazine rings is 1. The summed E-state index contributed by atoms with van der Waals surface area (Å²) in [6.07, 6.45) is 0. The van der Waals surface area contributed by atoms with Crippen LogP contribution in [0.3, 0.4) is 0 Å². The molecule has 1 heterocycles. The second kappa shape index (κ2) is 4.80. The van der Waals surface area contributed by atoms with Gasteiger partial charge in [-0.1, -0.05) is 0 Å². The van der Waals surface area contributed by atoms with E-state index in [1.807, 2.05) is 0 Å². The van der Waals surface area contributed by atoms with Crippen LogP contribution in [0.25, 0.3) is 0 Å². The Labute approximate surface area is 75.3 Å². The summed E-state index contributed by atoms with van der Waals surface area (Å²) in [6, 6.07) is 0.690. The molecule has 0 aromatic heterocycles. The lowest BCUT2D eigenvalue weighted by Crippen LogP contribution is -2.49. The molecule has 1 fully saturated rings. The van der Waals surface area contributed by atoms with Crippen molar-refractivity contribution in [3.8, 4) is 0 Å². The van der Waals surface area contributed by atoms with E-state index in [1.165, 1.54) is 13.1 Å². The summed E-state index contributed by atoms with van der Waals surface area (Å²) < 4.78 is 5.08. The van der Waals surface area contributed by atoms with Crippen molar-refractivity contribution in [3.63, 3.8) is 0 Å². The number of ether oxygens (including phenoxy) is 1. The van der Waals surface area contributed by atoms with E-state index in [0.29, 0.717) is 6.04 Å². The van der Waals surface area contributed by atoms with Crippen molar-refractivity contribution >= 4 is 0 Å². The highest BCUT2D eigenvalue weighted by molar-refractivity contribution is 4.72. The van der Waals surface area contributed by atoms with E-state index in [9.17, 15) is 0 Å². The summed E-state index contributed by atoms with van der Waals surface area (Å²) in [6.45, 7) is 9.95. The zero-order valence-electron chi connectivity index (χ0n) is 8.42. The molecule has 1 rings (SSSR count). The highest BCUT2D eigenvalue weighted by Gasteiger charge is 2.17. The van der Waals surface area contributed by atoms with Gasteiger partial charge in [0.05, 0.1) is 6.73 Å². The van der Waals surface area contributed by atoms with Gasteiger partial charge in [-0.3, -0.25) is 9.80 Å². The molecule has 0 N–H and O–H groups in total. The Hall–Kier alpha value is -0.120. The van der Waals surface area contributed by atoms with E-state index < -0.39 is 0 Å². The number of rotatable bonds is 3. The maximum atomic E-state index is 5.08. The average Bonchev–Trinajstić information content (AvgIpc) is 2.06. The third-order valence-electron chi connectivity index (χ3n) is 2.45. The Morgan fingerprint density at radius 1 is 1.17 bits per heavy atom. The third-order valence-corrected chi connectivity index (χ3v) is 2.45. The molecular formula is C9H20N2O. The summed E-state index contributed by atoms with van der Waals surface area (Å²) in [5, 5.41) is 0. The fourth-order valence-corrected chi connectivity index (χ4v) is 1.59. The smallest absolute Gasteiger partial charge is 0.0987 e. The normalized spacial score (nSPS) is 22.0. The van der Waals surface area contributed by atoms with Crippen molar-refractivity contribution in [1.29, 1.82) is 0 Å². The minimum absolute atomic E-state index is 0.690. The Balaban J connectivity index is 2.20. The molecule has 0 aromatic carbocycles. The van der Waals surface area contributed by atoms with Gasteiger partial charge >= 0.3 is 0 Å². The molecule has 0 bridgehead atoms. The van der Waals surface area contributed by atoms with E-state index >= 15 is 0 Å². The standard InChI is InChI=1S/C9H20N2O/c1-9(2)11-6-4-10(5-7-11)8-12-3/h9H,4-8H2,1-3H3. The highest BCUT2D eigenvalue weighted by Crippen LogP contribution is 2.04. The quantitative estimate of drug-likeness (QED) is 0.620. The summed E-state index contributed by atoms with van der Waals surface area (Å²) >= 11 is 0. The molecule has 0 spiro atoms. The first kappa shape index (κ1) is 9.96. The molecule has 0 radical (unpaired) electrons. The van der Waals surface area contributed by atoms with Crippen LogP contribution in [0, 0.1) is 0 Å². The van der Waals surface area contributed by atoms with Crippen LogP contribution in [0.5, 0.6) is 0 Å².